The fourth-order valence-corrected chi connectivity index (χ4v) is 5.43. The molecule has 0 bridgehead atoms. The fraction of sp³-hybridized carbons (Fsp3) is 0.300. The Balaban J connectivity index is 1.75. The summed E-state index contributed by atoms with van der Waals surface area (Å²) in [4.78, 5) is 33.1. The van der Waals surface area contributed by atoms with Crippen LogP contribution >= 0.6 is 11.3 Å². The summed E-state index contributed by atoms with van der Waals surface area (Å²) < 4.78 is 10.8. The Labute approximate surface area is 227 Å². The number of rotatable bonds is 8. The van der Waals surface area contributed by atoms with Gasteiger partial charge < -0.3 is 19.7 Å². The topological polar surface area (TPSA) is 80.8 Å². The number of benzene rings is 2. The number of nitrogens with zero attached hydrogens (tertiary/aromatic N) is 2. The van der Waals surface area contributed by atoms with E-state index >= 15 is 0 Å². The number of hydrogen-bond donors (Lipinski definition) is 1. The SMILES string of the molecule is CCOC(=O)C1=C(C)NC(C)=C(C(=O)OCC)C1c1cccc(-c2nc(-c3ccc(N(C)C)cc3)cs2)c1. The van der Waals surface area contributed by atoms with Gasteiger partial charge in [-0.05, 0) is 51.5 Å². The molecular formula is C30H33N3O4S. The molecule has 8 heteroatoms. The van der Waals surface area contributed by atoms with E-state index in [0.717, 1.165) is 33.1 Å². The van der Waals surface area contributed by atoms with Crippen LogP contribution in [0, 0.1) is 0 Å². The maximum Gasteiger partial charge on any atom is 0.336 e. The van der Waals surface area contributed by atoms with E-state index in [-0.39, 0.29) is 13.2 Å². The Hall–Kier alpha value is -3.91. The van der Waals surface area contributed by atoms with Crippen LogP contribution in [0.1, 0.15) is 39.2 Å². The van der Waals surface area contributed by atoms with Crippen LogP contribution in [0.15, 0.2) is 76.5 Å². The molecule has 0 amide bonds. The van der Waals surface area contributed by atoms with Crippen molar-refractivity contribution in [2.24, 2.45) is 0 Å². The van der Waals surface area contributed by atoms with Crippen molar-refractivity contribution in [2.75, 3.05) is 32.2 Å². The Kier molecular flexibility index (Phi) is 8.32. The van der Waals surface area contributed by atoms with Crippen molar-refractivity contribution in [1.82, 2.24) is 10.3 Å². The molecule has 0 unspecified atom stereocenters. The van der Waals surface area contributed by atoms with Gasteiger partial charge in [0.15, 0.2) is 0 Å². The number of thiazole rings is 1. The van der Waals surface area contributed by atoms with E-state index in [1.807, 2.05) is 57.6 Å². The average molecular weight is 532 g/mol. The maximum atomic E-state index is 13.1. The molecule has 0 spiro atoms. The van der Waals surface area contributed by atoms with Crippen LogP contribution in [0.25, 0.3) is 21.8 Å². The summed E-state index contributed by atoms with van der Waals surface area (Å²) in [6.45, 7) is 7.64. The minimum absolute atomic E-state index is 0.233. The van der Waals surface area contributed by atoms with Crippen LogP contribution in [0.5, 0.6) is 0 Å². The highest BCUT2D eigenvalue weighted by molar-refractivity contribution is 7.13. The number of esters is 2. The number of ether oxygens (including phenoxy) is 2. The molecule has 0 saturated heterocycles. The van der Waals surface area contributed by atoms with Gasteiger partial charge in [0.1, 0.15) is 5.01 Å². The monoisotopic (exact) mass is 531 g/mol. The zero-order valence-electron chi connectivity index (χ0n) is 22.6. The minimum Gasteiger partial charge on any atom is -0.463 e. The van der Waals surface area contributed by atoms with Crippen molar-refractivity contribution < 1.29 is 19.1 Å². The number of hydrogen-bond acceptors (Lipinski definition) is 8. The van der Waals surface area contributed by atoms with Crippen molar-refractivity contribution >= 4 is 29.0 Å². The molecule has 4 rings (SSSR count). The molecule has 198 valence electrons. The molecule has 38 heavy (non-hydrogen) atoms. The van der Waals surface area contributed by atoms with E-state index in [9.17, 15) is 9.59 Å². The number of carbonyl (C=O) groups excluding carboxylic acids is 2. The first-order valence-corrected chi connectivity index (χ1v) is 13.5. The lowest BCUT2D eigenvalue weighted by molar-refractivity contribution is -0.139. The van der Waals surface area contributed by atoms with Gasteiger partial charge in [-0.15, -0.1) is 11.3 Å². The van der Waals surface area contributed by atoms with E-state index in [0.29, 0.717) is 22.5 Å². The smallest absolute Gasteiger partial charge is 0.336 e. The lowest BCUT2D eigenvalue weighted by atomic mass is 9.80. The number of nitrogens with one attached hydrogen (secondary N) is 1. The van der Waals surface area contributed by atoms with E-state index in [1.54, 1.807) is 25.2 Å². The highest BCUT2D eigenvalue weighted by Crippen LogP contribution is 2.41. The highest BCUT2D eigenvalue weighted by Gasteiger charge is 2.38. The second kappa shape index (κ2) is 11.6. The predicted octanol–water partition coefficient (Wildman–Crippen LogP) is 5.90. The van der Waals surface area contributed by atoms with Crippen LogP contribution in [-0.2, 0) is 19.1 Å². The number of anilines is 1. The molecule has 0 radical (unpaired) electrons. The molecule has 1 aromatic heterocycles. The predicted molar refractivity (Wildman–Crippen MR) is 152 cm³/mol. The Morgan fingerprint density at radius 3 is 2.08 bits per heavy atom. The Bertz CT molecular complexity index is 1360. The summed E-state index contributed by atoms with van der Waals surface area (Å²) in [5, 5.41) is 6.07. The van der Waals surface area contributed by atoms with E-state index in [4.69, 9.17) is 14.5 Å². The van der Waals surface area contributed by atoms with E-state index in [2.05, 4.69) is 34.5 Å². The summed E-state index contributed by atoms with van der Waals surface area (Å²) in [6.07, 6.45) is 0. The largest absolute Gasteiger partial charge is 0.463 e. The molecule has 7 nitrogen and oxygen atoms in total. The average Bonchev–Trinajstić information content (AvgIpc) is 3.39. The first-order valence-electron chi connectivity index (χ1n) is 12.6. The zero-order valence-corrected chi connectivity index (χ0v) is 23.4. The molecule has 1 aliphatic rings. The standard InChI is InChI=1S/C30H33N3O4S/c1-7-36-29(34)25-18(3)31-19(4)26(30(35)37-8-2)27(25)21-10-9-11-22(16-21)28-32-24(17-38-28)20-12-14-23(15-13-20)33(5)6/h9-17,27,31H,7-8H2,1-6H3. The third kappa shape index (κ3) is 5.50. The molecule has 0 saturated carbocycles. The van der Waals surface area contributed by atoms with Gasteiger partial charge >= 0.3 is 11.9 Å². The van der Waals surface area contributed by atoms with Gasteiger partial charge in [0.05, 0.1) is 36.0 Å². The van der Waals surface area contributed by atoms with Crippen LogP contribution in [0.2, 0.25) is 0 Å². The van der Waals surface area contributed by atoms with Crippen molar-refractivity contribution in [1.29, 1.82) is 0 Å². The molecule has 1 N–H and O–H groups in total. The Morgan fingerprint density at radius 2 is 1.53 bits per heavy atom. The van der Waals surface area contributed by atoms with Crippen molar-refractivity contribution in [3.63, 3.8) is 0 Å². The molecule has 0 aliphatic carbocycles. The fourth-order valence-electron chi connectivity index (χ4n) is 4.61. The number of dihydropyridines is 1. The molecule has 0 fully saturated rings. The molecule has 0 atom stereocenters. The van der Waals surface area contributed by atoms with Crippen LogP contribution in [0.3, 0.4) is 0 Å². The summed E-state index contributed by atoms with van der Waals surface area (Å²) in [5.74, 6) is -1.55. The van der Waals surface area contributed by atoms with Crippen LogP contribution < -0.4 is 10.2 Å². The highest BCUT2D eigenvalue weighted by atomic mass is 32.1. The van der Waals surface area contributed by atoms with E-state index < -0.39 is 17.9 Å². The van der Waals surface area contributed by atoms with Crippen LogP contribution in [0.4, 0.5) is 5.69 Å². The molecule has 2 aromatic carbocycles. The lowest BCUT2D eigenvalue weighted by Gasteiger charge is -2.30. The third-order valence-electron chi connectivity index (χ3n) is 6.40. The van der Waals surface area contributed by atoms with Gasteiger partial charge in [-0.2, -0.15) is 0 Å². The summed E-state index contributed by atoms with van der Waals surface area (Å²) in [6, 6.07) is 16.1. The zero-order chi connectivity index (χ0) is 27.4. The van der Waals surface area contributed by atoms with Gasteiger partial charge in [-0.25, -0.2) is 14.6 Å². The summed E-state index contributed by atoms with van der Waals surface area (Å²) >= 11 is 1.55. The first kappa shape index (κ1) is 27.1. The van der Waals surface area contributed by atoms with Gasteiger partial charge in [0.2, 0.25) is 0 Å². The van der Waals surface area contributed by atoms with Crippen LogP contribution in [-0.4, -0.2) is 44.2 Å². The number of allylic oxidation sites excluding steroid dienone is 2. The van der Waals surface area contributed by atoms with Gasteiger partial charge in [-0.1, -0.05) is 30.3 Å². The van der Waals surface area contributed by atoms with E-state index in [1.165, 1.54) is 0 Å². The first-order chi connectivity index (χ1) is 18.2. The Morgan fingerprint density at radius 1 is 0.921 bits per heavy atom. The lowest BCUT2D eigenvalue weighted by Crippen LogP contribution is -2.32. The second-order valence-electron chi connectivity index (χ2n) is 9.18. The quantitative estimate of drug-likeness (QED) is 0.362. The van der Waals surface area contributed by atoms with Crippen molar-refractivity contribution in [3.05, 3.63) is 82.0 Å². The van der Waals surface area contributed by atoms with Gasteiger partial charge in [-0.3, -0.25) is 0 Å². The third-order valence-corrected chi connectivity index (χ3v) is 7.29. The molecule has 1 aliphatic heterocycles. The number of carbonyl (C=O) groups is 2. The maximum absolute atomic E-state index is 13.1. The molecule has 2 heterocycles. The molecule has 3 aromatic rings. The second-order valence-corrected chi connectivity index (χ2v) is 10.0. The van der Waals surface area contributed by atoms with Crippen molar-refractivity contribution in [3.8, 4) is 21.8 Å². The minimum atomic E-state index is -0.632. The van der Waals surface area contributed by atoms with Gasteiger partial charge in [0, 0.05) is 47.7 Å². The summed E-state index contributed by atoms with van der Waals surface area (Å²) in [7, 11) is 4.03. The normalized spacial score (nSPS) is 13.8. The number of aromatic nitrogens is 1. The summed E-state index contributed by atoms with van der Waals surface area (Å²) in [5.41, 5.74) is 6.87. The van der Waals surface area contributed by atoms with Crippen molar-refractivity contribution in [2.45, 2.75) is 33.6 Å². The van der Waals surface area contributed by atoms with Gasteiger partial charge in [0.25, 0.3) is 0 Å². The molecular weight excluding hydrogens is 498 g/mol.